The lowest BCUT2D eigenvalue weighted by atomic mass is 10.2. The Morgan fingerprint density at radius 3 is 2.95 bits per heavy atom. The van der Waals surface area contributed by atoms with Crippen molar-refractivity contribution in [3.63, 3.8) is 0 Å². The van der Waals surface area contributed by atoms with Crippen LogP contribution in [0.5, 0.6) is 0 Å². The first-order valence-electron chi connectivity index (χ1n) is 5.77. The maximum atomic E-state index is 11.7. The van der Waals surface area contributed by atoms with Crippen LogP contribution in [0.25, 0.3) is 0 Å². The monoisotopic (exact) mass is 294 g/mol. The van der Waals surface area contributed by atoms with Crippen molar-refractivity contribution in [3.05, 3.63) is 34.8 Å². The summed E-state index contributed by atoms with van der Waals surface area (Å²) in [5.74, 6) is -0.391. The summed E-state index contributed by atoms with van der Waals surface area (Å²) < 4.78 is 5.88. The Kier molecular flexibility index (Phi) is 4.44. The smallest absolute Gasteiger partial charge is 0.340 e. The molecule has 0 amide bonds. The minimum absolute atomic E-state index is 0.335. The van der Waals surface area contributed by atoms with Gasteiger partial charge in [-0.25, -0.2) is 9.78 Å². The number of esters is 1. The zero-order valence-corrected chi connectivity index (χ0v) is 12.3. The van der Waals surface area contributed by atoms with Crippen LogP contribution in [-0.4, -0.2) is 17.6 Å². The molecule has 0 spiro atoms. The van der Waals surface area contributed by atoms with Gasteiger partial charge in [0.25, 0.3) is 0 Å². The number of nitrogens with zero attached hydrogens (tertiary/aromatic N) is 1. The van der Waals surface area contributed by atoms with Gasteiger partial charge in [0.1, 0.15) is 0 Å². The highest BCUT2D eigenvalue weighted by molar-refractivity contribution is 8.01. The Balaban J connectivity index is 2.27. The molecule has 0 radical (unpaired) electrons. The molecule has 0 aliphatic rings. The minimum atomic E-state index is -0.391. The second-order valence-electron chi connectivity index (χ2n) is 3.79. The van der Waals surface area contributed by atoms with E-state index in [0.29, 0.717) is 17.9 Å². The number of ether oxygens (including phenoxy) is 1. The zero-order chi connectivity index (χ0) is 13.8. The molecule has 0 aliphatic carbocycles. The molecule has 100 valence electrons. The number of anilines is 1. The Hall–Kier alpha value is -1.53. The fraction of sp³-hybridized carbons (Fsp3) is 0.231. The standard InChI is InChI=1S/C13H14N2O2S2/c1-3-17-12(16)9-5-4-6-10(11(9)14)19-13-15-8(2)7-18-13/h4-7H,3,14H2,1-2H3. The van der Waals surface area contributed by atoms with E-state index in [9.17, 15) is 4.79 Å². The van der Waals surface area contributed by atoms with Gasteiger partial charge in [0.05, 0.1) is 17.9 Å². The number of para-hydroxylation sites is 1. The lowest BCUT2D eigenvalue weighted by molar-refractivity contribution is 0.0527. The van der Waals surface area contributed by atoms with E-state index in [1.54, 1.807) is 30.4 Å². The van der Waals surface area contributed by atoms with Gasteiger partial charge in [0, 0.05) is 16.0 Å². The molecule has 6 heteroatoms. The third-order valence-corrected chi connectivity index (χ3v) is 4.49. The summed E-state index contributed by atoms with van der Waals surface area (Å²) in [6.45, 7) is 4.05. The maximum absolute atomic E-state index is 11.7. The maximum Gasteiger partial charge on any atom is 0.340 e. The average Bonchev–Trinajstić information content (AvgIpc) is 2.78. The number of hydrogen-bond acceptors (Lipinski definition) is 6. The van der Waals surface area contributed by atoms with Crippen molar-refractivity contribution in [1.82, 2.24) is 4.98 Å². The van der Waals surface area contributed by atoms with E-state index in [1.807, 2.05) is 18.4 Å². The van der Waals surface area contributed by atoms with E-state index in [4.69, 9.17) is 10.5 Å². The summed E-state index contributed by atoms with van der Waals surface area (Å²) in [6.07, 6.45) is 0. The van der Waals surface area contributed by atoms with Crippen molar-refractivity contribution in [2.45, 2.75) is 23.1 Å². The van der Waals surface area contributed by atoms with Gasteiger partial charge in [-0.15, -0.1) is 11.3 Å². The number of benzene rings is 1. The van der Waals surface area contributed by atoms with E-state index >= 15 is 0 Å². The van der Waals surface area contributed by atoms with Gasteiger partial charge in [-0.05, 0) is 26.0 Å². The van der Waals surface area contributed by atoms with Crippen LogP contribution in [-0.2, 0) is 4.74 Å². The van der Waals surface area contributed by atoms with Gasteiger partial charge in [0.15, 0.2) is 4.34 Å². The molecule has 0 saturated heterocycles. The molecule has 1 heterocycles. The molecule has 2 rings (SSSR count). The highest BCUT2D eigenvalue weighted by Crippen LogP contribution is 2.35. The molecular weight excluding hydrogens is 280 g/mol. The van der Waals surface area contributed by atoms with Gasteiger partial charge in [-0.3, -0.25) is 0 Å². The van der Waals surface area contributed by atoms with Crippen molar-refractivity contribution in [3.8, 4) is 0 Å². The largest absolute Gasteiger partial charge is 0.462 e. The number of hydrogen-bond donors (Lipinski definition) is 1. The Morgan fingerprint density at radius 1 is 1.53 bits per heavy atom. The minimum Gasteiger partial charge on any atom is -0.462 e. The van der Waals surface area contributed by atoms with Crippen LogP contribution in [0.15, 0.2) is 32.8 Å². The van der Waals surface area contributed by atoms with Crippen molar-refractivity contribution in [2.24, 2.45) is 0 Å². The molecule has 0 atom stereocenters. The molecule has 1 aromatic carbocycles. The third kappa shape index (κ3) is 3.27. The van der Waals surface area contributed by atoms with Crippen molar-refractivity contribution < 1.29 is 9.53 Å². The predicted molar refractivity (Wildman–Crippen MR) is 77.8 cm³/mol. The van der Waals surface area contributed by atoms with Crippen molar-refractivity contribution >= 4 is 34.8 Å². The first-order chi connectivity index (χ1) is 9.11. The van der Waals surface area contributed by atoms with Crippen molar-refractivity contribution in [1.29, 1.82) is 0 Å². The SMILES string of the molecule is CCOC(=O)c1cccc(Sc2nc(C)cs2)c1N. The quantitative estimate of drug-likeness (QED) is 0.692. The number of carbonyl (C=O) groups is 1. The summed E-state index contributed by atoms with van der Waals surface area (Å²) in [6, 6.07) is 5.34. The lowest BCUT2D eigenvalue weighted by Gasteiger charge is -2.08. The van der Waals surface area contributed by atoms with E-state index in [0.717, 1.165) is 14.9 Å². The first kappa shape index (κ1) is 13.9. The molecule has 1 aromatic heterocycles. The topological polar surface area (TPSA) is 65.2 Å². The Morgan fingerprint density at radius 2 is 2.32 bits per heavy atom. The fourth-order valence-electron chi connectivity index (χ4n) is 1.49. The van der Waals surface area contributed by atoms with Gasteiger partial charge >= 0.3 is 5.97 Å². The van der Waals surface area contributed by atoms with Gasteiger partial charge < -0.3 is 10.5 Å². The highest BCUT2D eigenvalue weighted by Gasteiger charge is 2.14. The number of nitrogens with two attached hydrogens (primary N) is 1. The van der Waals surface area contributed by atoms with Crippen LogP contribution in [0.2, 0.25) is 0 Å². The molecule has 2 aromatic rings. The van der Waals surface area contributed by atoms with Gasteiger partial charge in [0.2, 0.25) is 0 Å². The molecule has 19 heavy (non-hydrogen) atoms. The summed E-state index contributed by atoms with van der Waals surface area (Å²) >= 11 is 3.02. The number of aromatic nitrogens is 1. The lowest BCUT2D eigenvalue weighted by Crippen LogP contribution is -2.08. The van der Waals surface area contributed by atoms with Crippen molar-refractivity contribution in [2.75, 3.05) is 12.3 Å². The van der Waals surface area contributed by atoms with Gasteiger partial charge in [-0.2, -0.15) is 0 Å². The number of nitrogen functional groups attached to an aromatic ring is 1. The highest BCUT2D eigenvalue weighted by atomic mass is 32.2. The summed E-state index contributed by atoms with van der Waals surface area (Å²) in [5.41, 5.74) is 7.85. The summed E-state index contributed by atoms with van der Waals surface area (Å²) in [7, 11) is 0. The van der Waals surface area contributed by atoms with E-state index < -0.39 is 5.97 Å². The average molecular weight is 294 g/mol. The van der Waals surface area contributed by atoms with Crippen LogP contribution in [0.3, 0.4) is 0 Å². The Bertz CT molecular complexity index is 596. The van der Waals surface area contributed by atoms with Crippen LogP contribution < -0.4 is 5.73 Å². The third-order valence-electron chi connectivity index (χ3n) is 2.36. The second-order valence-corrected chi connectivity index (χ2v) is 5.94. The predicted octanol–water partition coefficient (Wildman–Crippen LogP) is 3.36. The van der Waals surface area contributed by atoms with Crippen LogP contribution >= 0.6 is 23.1 Å². The number of carbonyl (C=O) groups excluding carboxylic acids is 1. The number of thiazole rings is 1. The van der Waals surface area contributed by atoms with E-state index in [-0.39, 0.29) is 0 Å². The van der Waals surface area contributed by atoms with Crippen LogP contribution in [0, 0.1) is 6.92 Å². The number of rotatable bonds is 4. The van der Waals surface area contributed by atoms with Gasteiger partial charge in [-0.1, -0.05) is 17.8 Å². The molecule has 0 unspecified atom stereocenters. The molecule has 0 saturated carbocycles. The van der Waals surface area contributed by atoms with Crippen LogP contribution in [0.4, 0.5) is 5.69 Å². The molecule has 0 aliphatic heterocycles. The van der Waals surface area contributed by atoms with Crippen LogP contribution in [0.1, 0.15) is 23.0 Å². The van der Waals surface area contributed by atoms with E-state index in [1.165, 1.54) is 11.8 Å². The molecule has 0 bridgehead atoms. The fourth-order valence-corrected chi connectivity index (χ4v) is 3.36. The molecule has 4 nitrogen and oxygen atoms in total. The first-order valence-corrected chi connectivity index (χ1v) is 7.47. The number of aryl methyl sites for hydroxylation is 1. The Labute approximate surface area is 120 Å². The summed E-state index contributed by atoms with van der Waals surface area (Å²) in [5, 5.41) is 1.98. The summed E-state index contributed by atoms with van der Waals surface area (Å²) in [4.78, 5) is 16.9. The van der Waals surface area contributed by atoms with E-state index in [2.05, 4.69) is 4.98 Å². The normalized spacial score (nSPS) is 10.4. The second kappa shape index (κ2) is 6.08. The zero-order valence-electron chi connectivity index (χ0n) is 10.7. The molecular formula is C13H14N2O2S2. The molecule has 0 fully saturated rings. The molecule has 2 N–H and O–H groups in total.